The quantitative estimate of drug-likeness (QED) is 0.749. The summed E-state index contributed by atoms with van der Waals surface area (Å²) in [6, 6.07) is 5.58. The predicted octanol–water partition coefficient (Wildman–Crippen LogP) is 2.13. The van der Waals surface area contributed by atoms with Crippen LogP contribution in [-0.2, 0) is 17.8 Å². The van der Waals surface area contributed by atoms with E-state index in [2.05, 4.69) is 15.1 Å². The average molecular weight is 465 g/mol. The number of benzene rings is 1. The molecule has 2 aliphatic rings. The molecular formula is C21H26Cl2N6O2. The summed E-state index contributed by atoms with van der Waals surface area (Å²) in [4.78, 5) is 33.3. The first kappa shape index (κ1) is 21.9. The topological polar surface area (TPSA) is 75.8 Å². The van der Waals surface area contributed by atoms with Gasteiger partial charge in [0, 0.05) is 56.9 Å². The first-order valence-electron chi connectivity index (χ1n) is 10.3. The zero-order chi connectivity index (χ0) is 22.1. The molecule has 1 saturated heterocycles. The second-order valence-corrected chi connectivity index (χ2v) is 8.97. The van der Waals surface area contributed by atoms with Crippen LogP contribution in [0.2, 0.25) is 10.0 Å². The number of likely N-dealkylation sites (N-methyl/N-ethyl adjacent to an activating group) is 1. The van der Waals surface area contributed by atoms with Gasteiger partial charge < -0.3 is 19.6 Å². The van der Waals surface area contributed by atoms with E-state index in [4.69, 9.17) is 23.2 Å². The molecule has 4 rings (SSSR count). The fraction of sp³-hybridized carbons (Fsp3) is 0.476. The van der Waals surface area contributed by atoms with Crippen LogP contribution < -0.4 is 4.90 Å². The van der Waals surface area contributed by atoms with E-state index in [0.717, 1.165) is 16.9 Å². The van der Waals surface area contributed by atoms with Gasteiger partial charge in [0.15, 0.2) is 5.69 Å². The number of rotatable bonds is 4. The van der Waals surface area contributed by atoms with Gasteiger partial charge in [-0.15, -0.1) is 0 Å². The van der Waals surface area contributed by atoms with E-state index < -0.39 is 0 Å². The second kappa shape index (κ2) is 9.06. The molecule has 31 heavy (non-hydrogen) atoms. The number of hydrogen-bond acceptors (Lipinski definition) is 5. The maximum Gasteiger partial charge on any atom is 0.274 e. The van der Waals surface area contributed by atoms with Gasteiger partial charge in [-0.3, -0.25) is 14.7 Å². The number of anilines is 1. The van der Waals surface area contributed by atoms with Crippen molar-refractivity contribution >= 4 is 40.7 Å². The Morgan fingerprint density at radius 2 is 1.84 bits per heavy atom. The van der Waals surface area contributed by atoms with Crippen LogP contribution in [-0.4, -0.2) is 90.1 Å². The minimum absolute atomic E-state index is 0.0577. The summed E-state index contributed by atoms with van der Waals surface area (Å²) in [5.41, 5.74) is 3.09. The van der Waals surface area contributed by atoms with Crippen LogP contribution in [0.4, 0.5) is 5.69 Å². The summed E-state index contributed by atoms with van der Waals surface area (Å²) >= 11 is 12.5. The summed E-state index contributed by atoms with van der Waals surface area (Å²) in [6.45, 7) is 3.84. The number of aromatic amines is 1. The summed E-state index contributed by atoms with van der Waals surface area (Å²) in [5.74, 6) is -0.0430. The summed E-state index contributed by atoms with van der Waals surface area (Å²) in [7, 11) is 3.74. The Balaban J connectivity index is 1.43. The number of fused-ring (bicyclic) bond motifs is 1. The molecule has 8 nitrogen and oxygen atoms in total. The van der Waals surface area contributed by atoms with Gasteiger partial charge in [0.1, 0.15) is 0 Å². The monoisotopic (exact) mass is 464 g/mol. The van der Waals surface area contributed by atoms with Crippen molar-refractivity contribution in [2.75, 3.05) is 58.3 Å². The zero-order valence-corrected chi connectivity index (χ0v) is 19.2. The number of carbonyl (C=O) groups is 2. The smallest absolute Gasteiger partial charge is 0.274 e. The Kier molecular flexibility index (Phi) is 6.41. The molecule has 2 aromatic rings. The molecule has 2 aliphatic heterocycles. The van der Waals surface area contributed by atoms with Crippen LogP contribution in [0.25, 0.3) is 0 Å². The van der Waals surface area contributed by atoms with Crippen molar-refractivity contribution < 1.29 is 9.59 Å². The third-order valence-corrected chi connectivity index (χ3v) is 6.59. The molecule has 3 heterocycles. The van der Waals surface area contributed by atoms with Crippen LogP contribution in [0, 0.1) is 0 Å². The number of H-pyrrole nitrogens is 1. The number of amides is 2. The fourth-order valence-corrected chi connectivity index (χ4v) is 4.51. The lowest BCUT2D eigenvalue weighted by molar-refractivity contribution is -0.132. The van der Waals surface area contributed by atoms with Gasteiger partial charge in [-0.25, -0.2) is 0 Å². The Morgan fingerprint density at radius 1 is 1.10 bits per heavy atom. The van der Waals surface area contributed by atoms with Crippen LogP contribution in [0.3, 0.4) is 0 Å². The van der Waals surface area contributed by atoms with E-state index in [1.807, 2.05) is 36.0 Å². The maximum atomic E-state index is 13.2. The molecule has 1 aromatic heterocycles. The van der Waals surface area contributed by atoms with Crippen molar-refractivity contribution in [3.05, 3.63) is 45.2 Å². The van der Waals surface area contributed by atoms with Crippen LogP contribution >= 0.6 is 23.2 Å². The van der Waals surface area contributed by atoms with E-state index in [9.17, 15) is 9.59 Å². The minimum atomic E-state index is -0.101. The largest absolute Gasteiger partial charge is 0.367 e. The molecule has 10 heteroatoms. The molecule has 1 fully saturated rings. The molecule has 2 amide bonds. The molecule has 1 N–H and O–H groups in total. The first-order valence-corrected chi connectivity index (χ1v) is 11.1. The van der Waals surface area contributed by atoms with Crippen LogP contribution in [0.1, 0.15) is 21.7 Å². The average Bonchev–Trinajstić information content (AvgIpc) is 3.18. The summed E-state index contributed by atoms with van der Waals surface area (Å²) in [5, 5.41) is 8.38. The van der Waals surface area contributed by atoms with Crippen molar-refractivity contribution in [1.82, 2.24) is 24.9 Å². The van der Waals surface area contributed by atoms with E-state index in [-0.39, 0.29) is 11.8 Å². The molecule has 1 aromatic carbocycles. The van der Waals surface area contributed by atoms with Crippen molar-refractivity contribution in [3.8, 4) is 0 Å². The SMILES string of the molecule is CN(C)CC(=O)N1CCc2[nH]nc(C(=O)N3CCN(c4cccc(Cl)c4Cl)CC3)c2C1. The van der Waals surface area contributed by atoms with Gasteiger partial charge in [-0.1, -0.05) is 29.3 Å². The molecule has 0 atom stereocenters. The van der Waals surface area contributed by atoms with Crippen molar-refractivity contribution in [1.29, 1.82) is 0 Å². The number of nitrogens with one attached hydrogen (secondary N) is 1. The van der Waals surface area contributed by atoms with Gasteiger partial charge in [-0.05, 0) is 26.2 Å². The Hall–Kier alpha value is -2.29. The van der Waals surface area contributed by atoms with Gasteiger partial charge >= 0.3 is 0 Å². The Bertz CT molecular complexity index is 984. The highest BCUT2D eigenvalue weighted by atomic mass is 35.5. The highest BCUT2D eigenvalue weighted by Crippen LogP contribution is 2.33. The van der Waals surface area contributed by atoms with Gasteiger partial charge in [0.25, 0.3) is 5.91 Å². The van der Waals surface area contributed by atoms with Crippen molar-refractivity contribution in [3.63, 3.8) is 0 Å². The molecule has 166 valence electrons. The Morgan fingerprint density at radius 3 is 2.55 bits per heavy atom. The summed E-state index contributed by atoms with van der Waals surface area (Å²) in [6.07, 6.45) is 0.676. The first-order chi connectivity index (χ1) is 14.8. The molecule has 0 radical (unpaired) electrons. The number of nitrogens with zero attached hydrogens (tertiary/aromatic N) is 5. The van der Waals surface area contributed by atoms with E-state index in [1.54, 1.807) is 11.0 Å². The zero-order valence-electron chi connectivity index (χ0n) is 17.7. The standard InChI is InChI=1S/C21H26Cl2N6O2/c1-26(2)13-18(30)29-7-6-16-14(12-29)20(25-24-16)21(31)28-10-8-27(9-11-28)17-5-3-4-15(22)19(17)23/h3-5H,6-13H2,1-2H3,(H,24,25). The fourth-order valence-electron chi connectivity index (χ4n) is 4.09. The Labute approximate surface area is 191 Å². The minimum Gasteiger partial charge on any atom is -0.367 e. The maximum absolute atomic E-state index is 13.2. The number of halogens is 2. The highest BCUT2D eigenvalue weighted by molar-refractivity contribution is 6.43. The molecular weight excluding hydrogens is 439 g/mol. The highest BCUT2D eigenvalue weighted by Gasteiger charge is 2.31. The molecule has 0 bridgehead atoms. The summed E-state index contributed by atoms with van der Waals surface area (Å²) < 4.78 is 0. The number of hydrogen-bond donors (Lipinski definition) is 1. The third-order valence-electron chi connectivity index (χ3n) is 5.78. The van der Waals surface area contributed by atoms with E-state index in [1.165, 1.54) is 0 Å². The van der Waals surface area contributed by atoms with Crippen molar-refractivity contribution in [2.45, 2.75) is 13.0 Å². The van der Waals surface area contributed by atoms with Crippen LogP contribution in [0.15, 0.2) is 18.2 Å². The third kappa shape index (κ3) is 4.51. The van der Waals surface area contributed by atoms with Crippen molar-refractivity contribution in [2.24, 2.45) is 0 Å². The number of aromatic nitrogens is 2. The van der Waals surface area contributed by atoms with Gasteiger partial charge in [0.2, 0.25) is 5.91 Å². The van der Waals surface area contributed by atoms with Crippen LogP contribution in [0.5, 0.6) is 0 Å². The number of piperazine rings is 1. The lowest BCUT2D eigenvalue weighted by atomic mass is 10.0. The molecule has 0 aliphatic carbocycles. The second-order valence-electron chi connectivity index (χ2n) is 8.18. The lowest BCUT2D eigenvalue weighted by Gasteiger charge is -2.36. The van der Waals surface area contributed by atoms with Gasteiger partial charge in [0.05, 0.1) is 22.3 Å². The van der Waals surface area contributed by atoms with E-state index in [0.29, 0.717) is 68.0 Å². The normalized spacial score (nSPS) is 16.6. The predicted molar refractivity (Wildman–Crippen MR) is 121 cm³/mol. The molecule has 0 spiro atoms. The number of carbonyl (C=O) groups excluding carboxylic acids is 2. The lowest BCUT2D eigenvalue weighted by Crippen LogP contribution is -2.49. The molecule has 0 unspecified atom stereocenters. The van der Waals surface area contributed by atoms with Gasteiger partial charge in [-0.2, -0.15) is 5.10 Å². The molecule has 0 saturated carbocycles. The van der Waals surface area contributed by atoms with E-state index >= 15 is 0 Å².